The van der Waals surface area contributed by atoms with Crippen LogP contribution in [0.3, 0.4) is 0 Å². The predicted octanol–water partition coefficient (Wildman–Crippen LogP) is 1.98. The van der Waals surface area contributed by atoms with Crippen molar-refractivity contribution in [2.75, 3.05) is 5.32 Å². The van der Waals surface area contributed by atoms with E-state index in [2.05, 4.69) is 4.98 Å². The Hall–Kier alpha value is -1.84. The average Bonchev–Trinajstić information content (AvgIpc) is 2.61. The van der Waals surface area contributed by atoms with Crippen molar-refractivity contribution in [2.45, 2.75) is 25.6 Å². The Kier molecular flexibility index (Phi) is 4.03. The number of carbonyl (C=O) groups excluding carboxylic acids is 1. The zero-order valence-corrected chi connectivity index (χ0v) is 10.6. The fourth-order valence-corrected chi connectivity index (χ4v) is 1.67. The van der Waals surface area contributed by atoms with Gasteiger partial charge >= 0.3 is 18.2 Å². The van der Waals surface area contributed by atoms with Crippen LogP contribution in [0.25, 0.3) is 0 Å². The molecular weight excluding hydrogens is 287 g/mol. The number of anilines is 1. The van der Waals surface area contributed by atoms with Gasteiger partial charge < -0.3 is 10.4 Å². The third-order valence-corrected chi connectivity index (χ3v) is 3.03. The maximum atomic E-state index is 12.6. The summed E-state index contributed by atoms with van der Waals surface area (Å²) < 4.78 is 37.9. The largest absolute Gasteiger partial charge is 0.479 e. The molecule has 1 aromatic heterocycles. The minimum Gasteiger partial charge on any atom is -0.479 e. The van der Waals surface area contributed by atoms with Crippen LogP contribution in [0.5, 0.6) is 0 Å². The fourth-order valence-electron chi connectivity index (χ4n) is 1.01. The first-order valence-electron chi connectivity index (χ1n) is 4.88. The SMILES string of the molecule is Cc1cnc(NC(=O)NC(C)(C(=O)O)C(F)(F)F)s1. The maximum Gasteiger partial charge on any atom is 0.422 e. The third-order valence-electron chi connectivity index (χ3n) is 2.20. The highest BCUT2D eigenvalue weighted by molar-refractivity contribution is 7.15. The minimum atomic E-state index is -5.13. The van der Waals surface area contributed by atoms with E-state index in [1.54, 1.807) is 6.92 Å². The molecule has 0 saturated carbocycles. The first-order chi connectivity index (χ1) is 8.56. The van der Waals surface area contributed by atoms with Crippen LogP contribution in [0.15, 0.2) is 6.20 Å². The topological polar surface area (TPSA) is 91.3 Å². The minimum absolute atomic E-state index is 0.0740. The number of aliphatic carboxylic acids is 1. The zero-order valence-electron chi connectivity index (χ0n) is 9.83. The molecule has 1 unspecified atom stereocenters. The number of nitrogens with one attached hydrogen (secondary N) is 2. The number of aryl methyl sites for hydroxylation is 1. The lowest BCUT2D eigenvalue weighted by molar-refractivity contribution is -0.203. The standard InChI is InChI=1S/C9H10F3N3O3S/c1-4-3-13-7(19-4)14-6(18)15-8(2,5(16)17)9(10,11)12/h3H,1-2H3,(H,16,17)(H2,13,14,15,18). The average molecular weight is 297 g/mol. The number of hydrogen-bond donors (Lipinski definition) is 3. The Bertz CT molecular complexity index is 502. The molecule has 0 saturated heterocycles. The summed E-state index contributed by atoms with van der Waals surface area (Å²) in [5, 5.41) is 12.1. The van der Waals surface area contributed by atoms with Gasteiger partial charge in [-0.2, -0.15) is 13.2 Å². The molecule has 1 rings (SSSR count). The summed E-state index contributed by atoms with van der Waals surface area (Å²) in [7, 11) is 0. The summed E-state index contributed by atoms with van der Waals surface area (Å²) in [6.07, 6.45) is -3.71. The molecule has 0 fully saturated rings. The zero-order chi connectivity index (χ0) is 14.8. The smallest absolute Gasteiger partial charge is 0.422 e. The van der Waals surface area contributed by atoms with E-state index >= 15 is 0 Å². The molecule has 10 heteroatoms. The van der Waals surface area contributed by atoms with Crippen LogP contribution in [0.1, 0.15) is 11.8 Å². The third kappa shape index (κ3) is 3.34. The molecule has 0 aliphatic carbocycles. The van der Waals surface area contributed by atoms with Crippen molar-refractivity contribution in [1.29, 1.82) is 0 Å². The summed E-state index contributed by atoms with van der Waals surface area (Å²) in [5.41, 5.74) is -3.37. The molecule has 1 atom stereocenters. The van der Waals surface area contributed by atoms with Crippen molar-refractivity contribution in [3.63, 3.8) is 0 Å². The number of urea groups is 1. The Morgan fingerprint density at radius 1 is 1.42 bits per heavy atom. The van der Waals surface area contributed by atoms with E-state index < -0.39 is 23.7 Å². The second-order valence-electron chi connectivity index (χ2n) is 3.78. The van der Waals surface area contributed by atoms with Crippen LogP contribution in [0.2, 0.25) is 0 Å². The van der Waals surface area contributed by atoms with Gasteiger partial charge in [-0.1, -0.05) is 0 Å². The van der Waals surface area contributed by atoms with Crippen molar-refractivity contribution in [2.24, 2.45) is 0 Å². The van der Waals surface area contributed by atoms with Crippen LogP contribution in [0.4, 0.5) is 23.1 Å². The number of carbonyl (C=O) groups is 2. The second-order valence-corrected chi connectivity index (χ2v) is 5.02. The number of hydrogen-bond acceptors (Lipinski definition) is 4. The van der Waals surface area contributed by atoms with Gasteiger partial charge in [-0.15, -0.1) is 11.3 Å². The lowest BCUT2D eigenvalue weighted by Crippen LogP contribution is -2.62. The predicted molar refractivity (Wildman–Crippen MR) is 61.1 cm³/mol. The normalized spacial score (nSPS) is 14.6. The number of amides is 2. The van der Waals surface area contributed by atoms with Crippen molar-refractivity contribution >= 4 is 28.5 Å². The second kappa shape index (κ2) is 5.03. The summed E-state index contributed by atoms with van der Waals surface area (Å²) in [4.78, 5) is 26.5. The Morgan fingerprint density at radius 2 is 2.00 bits per heavy atom. The van der Waals surface area contributed by atoms with Gasteiger partial charge in [0.2, 0.25) is 5.54 Å². The highest BCUT2D eigenvalue weighted by atomic mass is 32.1. The highest BCUT2D eigenvalue weighted by Crippen LogP contribution is 2.30. The molecule has 1 aromatic rings. The van der Waals surface area contributed by atoms with Gasteiger partial charge in [-0.3, -0.25) is 5.32 Å². The Morgan fingerprint density at radius 3 is 2.37 bits per heavy atom. The fraction of sp³-hybridized carbons (Fsp3) is 0.444. The van der Waals surface area contributed by atoms with Gasteiger partial charge in [0.05, 0.1) is 0 Å². The first-order valence-corrected chi connectivity index (χ1v) is 5.69. The van der Waals surface area contributed by atoms with Gasteiger partial charge in [0.1, 0.15) is 0 Å². The van der Waals surface area contributed by atoms with Crippen molar-refractivity contribution < 1.29 is 27.9 Å². The molecule has 1 heterocycles. The lowest BCUT2D eigenvalue weighted by atomic mass is 10.0. The van der Waals surface area contributed by atoms with Crippen molar-refractivity contribution in [3.05, 3.63) is 11.1 Å². The lowest BCUT2D eigenvalue weighted by Gasteiger charge is -2.28. The number of aromatic nitrogens is 1. The molecule has 0 aliphatic rings. The molecule has 6 nitrogen and oxygen atoms in total. The molecule has 0 aliphatic heterocycles. The van der Waals surface area contributed by atoms with Crippen LogP contribution < -0.4 is 10.6 Å². The Labute approximate surface area is 109 Å². The maximum absolute atomic E-state index is 12.6. The molecule has 2 amide bonds. The summed E-state index contributed by atoms with van der Waals surface area (Å²) in [6, 6.07) is -1.29. The number of thiazole rings is 1. The number of carboxylic acids is 1. The van der Waals surface area contributed by atoms with E-state index in [0.717, 1.165) is 16.2 Å². The van der Waals surface area contributed by atoms with Gasteiger partial charge in [0.15, 0.2) is 5.13 Å². The number of carboxylic acid groups (broad SMARTS) is 1. The number of rotatable bonds is 3. The van der Waals surface area contributed by atoms with E-state index in [4.69, 9.17) is 5.11 Å². The molecular formula is C9H10F3N3O3S. The molecule has 0 aromatic carbocycles. The monoisotopic (exact) mass is 297 g/mol. The molecule has 106 valence electrons. The van der Waals surface area contributed by atoms with Crippen LogP contribution in [-0.4, -0.2) is 33.8 Å². The molecule has 0 spiro atoms. The van der Waals surface area contributed by atoms with Gasteiger partial charge in [0.25, 0.3) is 0 Å². The number of alkyl halides is 3. The van der Waals surface area contributed by atoms with Crippen molar-refractivity contribution in [1.82, 2.24) is 10.3 Å². The summed E-state index contributed by atoms with van der Waals surface area (Å²) in [6.45, 7) is 2.06. The van der Waals surface area contributed by atoms with E-state index in [9.17, 15) is 22.8 Å². The van der Waals surface area contributed by atoms with Gasteiger partial charge in [-0.25, -0.2) is 14.6 Å². The van der Waals surface area contributed by atoms with Crippen LogP contribution >= 0.6 is 11.3 Å². The molecule has 0 bridgehead atoms. The van der Waals surface area contributed by atoms with E-state index in [1.165, 1.54) is 11.5 Å². The number of nitrogens with zero attached hydrogens (tertiary/aromatic N) is 1. The van der Waals surface area contributed by atoms with E-state index in [0.29, 0.717) is 6.92 Å². The van der Waals surface area contributed by atoms with E-state index in [-0.39, 0.29) is 5.13 Å². The van der Waals surface area contributed by atoms with Gasteiger partial charge in [0, 0.05) is 11.1 Å². The number of halogens is 3. The molecule has 19 heavy (non-hydrogen) atoms. The quantitative estimate of drug-likeness (QED) is 0.795. The van der Waals surface area contributed by atoms with Crippen LogP contribution in [0, 0.1) is 6.92 Å². The van der Waals surface area contributed by atoms with Crippen LogP contribution in [-0.2, 0) is 4.79 Å². The van der Waals surface area contributed by atoms with Gasteiger partial charge in [-0.05, 0) is 13.8 Å². The summed E-state index contributed by atoms with van der Waals surface area (Å²) in [5.74, 6) is -2.20. The van der Waals surface area contributed by atoms with Crippen molar-refractivity contribution in [3.8, 4) is 0 Å². The molecule has 0 radical (unpaired) electrons. The van der Waals surface area contributed by atoms with E-state index in [1.807, 2.05) is 5.32 Å². The molecule has 3 N–H and O–H groups in total. The summed E-state index contributed by atoms with van der Waals surface area (Å²) >= 11 is 1.05. The highest BCUT2D eigenvalue weighted by Gasteiger charge is 2.58. The Balaban J connectivity index is 2.81. The first kappa shape index (κ1) is 15.2.